The predicted molar refractivity (Wildman–Crippen MR) is 223 cm³/mol. The first-order chi connectivity index (χ1) is 30.4. The van der Waals surface area contributed by atoms with Gasteiger partial charge in [0.15, 0.2) is 17.5 Å². The number of esters is 1. The summed E-state index contributed by atoms with van der Waals surface area (Å²) in [4.78, 5) is 50.5. The topological polar surface area (TPSA) is 311 Å². The number of nitrogens with zero attached hydrogens (tertiary/aromatic N) is 2. The standard InChI is InChI=1S/C44H47N3O17/c1-22-14-23(2)16-26(15-22)34-33-25(10-12-46-33)18-47(34)64-42(20-49)37(54)36(53)38(44(59,21-50)63-40(57)32(39(55)56)43(58,45-3)11-13-48)62-41(42)61-28-8-9-29-31(17-28)60-19-30(35(29)52)24-4-6-27(51)7-5-24/h4-10,12,14-17,19,32,36-38,41,45,48-51,53-54,58-59H,11,13,18,20-21H2,1-3H3,(H,55,56). The molecule has 1 aromatic heterocycles. The van der Waals surface area contributed by atoms with Gasteiger partial charge in [-0.25, -0.2) is 5.06 Å². The summed E-state index contributed by atoms with van der Waals surface area (Å²) in [6.45, 7) is 0.139. The number of hydroxylamine groups is 2. The van der Waals surface area contributed by atoms with Gasteiger partial charge >= 0.3 is 11.9 Å². The smallest absolute Gasteiger partial charge is 0.327 e. The van der Waals surface area contributed by atoms with Gasteiger partial charge in [-0.3, -0.25) is 29.5 Å². The van der Waals surface area contributed by atoms with Gasteiger partial charge in [-0.15, -0.1) is 0 Å². The summed E-state index contributed by atoms with van der Waals surface area (Å²) in [6, 6.07) is 15.4. The molecule has 340 valence electrons. The first kappa shape index (κ1) is 46.0. The minimum Gasteiger partial charge on any atom is -0.508 e. The van der Waals surface area contributed by atoms with E-state index in [-0.39, 0.29) is 34.6 Å². The van der Waals surface area contributed by atoms with Crippen molar-refractivity contribution in [2.24, 2.45) is 10.9 Å². The fraction of sp³-hybridized carbons (Fsp3) is 0.364. The summed E-state index contributed by atoms with van der Waals surface area (Å²) in [5, 5.41) is 101. The van der Waals surface area contributed by atoms with E-state index >= 15 is 0 Å². The van der Waals surface area contributed by atoms with Crippen LogP contribution in [0.25, 0.3) is 27.8 Å². The van der Waals surface area contributed by atoms with E-state index in [1.807, 2.05) is 32.0 Å². The zero-order chi connectivity index (χ0) is 46.3. The van der Waals surface area contributed by atoms with Crippen LogP contribution in [0.2, 0.25) is 0 Å². The molecule has 3 aliphatic heterocycles. The Kier molecular flexibility index (Phi) is 12.8. The maximum Gasteiger partial charge on any atom is 0.327 e. The van der Waals surface area contributed by atoms with E-state index in [4.69, 9.17) is 23.5 Å². The van der Waals surface area contributed by atoms with Gasteiger partial charge in [-0.05, 0) is 68.9 Å². The molecule has 7 rings (SSSR count). The van der Waals surface area contributed by atoms with Crippen molar-refractivity contribution in [3.05, 3.63) is 111 Å². The number of rotatable bonds is 16. The zero-order valence-corrected chi connectivity index (χ0v) is 34.6. The SMILES string of the molecule is CNC(O)(CCO)C(C(=O)O)C(=O)OC(O)(CO)C1OC(Oc2ccc3c(=O)c(-c4ccc(O)cc4)coc3c2)C(CO)(ON2CC3=CC=NC3=C2c2cc(C)cc(C)c2)C(O)C1O. The van der Waals surface area contributed by atoms with Gasteiger partial charge in [0, 0.05) is 36.4 Å². The number of benzene rings is 3. The molecular formula is C44H47N3O17. The number of carbonyl (C=O) groups excluding carboxylic acids is 1. The minimum atomic E-state index is -3.42. The van der Waals surface area contributed by atoms with Crippen molar-refractivity contribution in [2.45, 2.75) is 62.0 Å². The van der Waals surface area contributed by atoms with Crippen LogP contribution < -0.4 is 15.5 Å². The molecule has 64 heavy (non-hydrogen) atoms. The normalized spacial score (nSPS) is 24.2. The number of aryl methyl sites for hydroxylation is 2. The molecule has 20 nitrogen and oxygen atoms in total. The van der Waals surface area contributed by atoms with E-state index in [2.05, 4.69) is 10.3 Å². The van der Waals surface area contributed by atoms with Crippen LogP contribution in [-0.2, 0) is 23.9 Å². The highest BCUT2D eigenvalue weighted by Crippen LogP contribution is 2.45. The highest BCUT2D eigenvalue weighted by molar-refractivity contribution is 5.95. The zero-order valence-electron chi connectivity index (χ0n) is 34.6. The molecule has 3 aromatic carbocycles. The average Bonchev–Trinajstić information content (AvgIpc) is 3.84. The van der Waals surface area contributed by atoms with Crippen LogP contribution in [0, 0.1) is 19.8 Å². The molecule has 0 bridgehead atoms. The summed E-state index contributed by atoms with van der Waals surface area (Å²) in [5.41, 5.74) is -1.14. The number of carbonyl (C=O) groups is 2. The van der Waals surface area contributed by atoms with Gasteiger partial charge in [-0.1, -0.05) is 29.3 Å². The number of nitrogens with one attached hydrogen (secondary N) is 1. The van der Waals surface area contributed by atoms with Crippen molar-refractivity contribution in [2.75, 3.05) is 33.4 Å². The molecule has 8 unspecified atom stereocenters. The Balaban J connectivity index is 1.30. The number of allylic oxidation sites excluding steroid dienone is 1. The number of ether oxygens (including phenoxy) is 3. The first-order valence-corrected chi connectivity index (χ1v) is 19.9. The van der Waals surface area contributed by atoms with E-state index in [9.17, 15) is 60.3 Å². The molecule has 0 amide bonds. The minimum absolute atomic E-state index is 0.0140. The van der Waals surface area contributed by atoms with Gasteiger partial charge in [-0.2, -0.15) is 0 Å². The molecular weight excluding hydrogens is 842 g/mol. The molecule has 10 N–H and O–H groups in total. The van der Waals surface area contributed by atoms with Crippen LogP contribution >= 0.6 is 0 Å². The Bertz CT molecular complexity index is 2570. The molecule has 8 atom stereocenters. The van der Waals surface area contributed by atoms with Crippen molar-refractivity contribution >= 4 is 34.8 Å². The number of fused-ring (bicyclic) bond motifs is 2. The maximum absolute atomic E-state index is 13.6. The van der Waals surface area contributed by atoms with E-state index < -0.39 is 91.2 Å². The molecule has 1 fully saturated rings. The van der Waals surface area contributed by atoms with Crippen LogP contribution in [0.1, 0.15) is 23.1 Å². The number of aliphatic hydroxyl groups is 7. The van der Waals surface area contributed by atoms with E-state index in [1.165, 1.54) is 53.8 Å². The fourth-order valence-corrected chi connectivity index (χ4v) is 8.09. The Morgan fingerprint density at radius 1 is 1.02 bits per heavy atom. The Hall–Kier alpha value is -6.04. The molecule has 4 heterocycles. The summed E-state index contributed by atoms with van der Waals surface area (Å²) in [7, 11) is 1.09. The Morgan fingerprint density at radius 2 is 1.72 bits per heavy atom. The molecule has 0 saturated carbocycles. The highest BCUT2D eigenvalue weighted by Gasteiger charge is 2.65. The number of phenolic OH excluding ortho intramolecular Hbond substituents is 1. The third-order valence-corrected chi connectivity index (χ3v) is 11.4. The van der Waals surface area contributed by atoms with Crippen LogP contribution in [0.15, 0.2) is 98.5 Å². The molecule has 0 aliphatic carbocycles. The maximum atomic E-state index is 13.6. The summed E-state index contributed by atoms with van der Waals surface area (Å²) >= 11 is 0. The number of carboxylic acid groups (broad SMARTS) is 1. The van der Waals surface area contributed by atoms with Gasteiger partial charge in [0.25, 0.3) is 5.79 Å². The van der Waals surface area contributed by atoms with Crippen molar-refractivity contribution in [1.82, 2.24) is 10.4 Å². The predicted octanol–water partition coefficient (Wildman–Crippen LogP) is 0.181. The monoisotopic (exact) mass is 889 g/mol. The number of carboxylic acids is 1. The lowest BCUT2D eigenvalue weighted by atomic mass is 9.84. The van der Waals surface area contributed by atoms with Gasteiger partial charge < -0.3 is 64.6 Å². The second kappa shape index (κ2) is 17.9. The van der Waals surface area contributed by atoms with Crippen molar-refractivity contribution < 1.29 is 79.0 Å². The number of aliphatic hydroxyl groups excluding tert-OH is 5. The second-order valence-corrected chi connectivity index (χ2v) is 15.8. The van der Waals surface area contributed by atoms with Crippen LogP contribution in [-0.4, -0.2) is 144 Å². The Morgan fingerprint density at radius 3 is 2.34 bits per heavy atom. The van der Waals surface area contributed by atoms with E-state index in [1.54, 1.807) is 12.3 Å². The Labute approximate surface area is 363 Å². The molecule has 4 aromatic rings. The third kappa shape index (κ3) is 8.27. The van der Waals surface area contributed by atoms with Crippen LogP contribution in [0.3, 0.4) is 0 Å². The fourth-order valence-electron chi connectivity index (χ4n) is 8.09. The van der Waals surface area contributed by atoms with E-state index in [0.29, 0.717) is 28.1 Å². The van der Waals surface area contributed by atoms with Crippen LogP contribution in [0.5, 0.6) is 11.5 Å². The number of aliphatic carboxylic acids is 1. The number of hydrogen-bond acceptors (Lipinski definition) is 19. The number of phenols is 1. The average molecular weight is 890 g/mol. The second-order valence-electron chi connectivity index (χ2n) is 15.8. The van der Waals surface area contributed by atoms with Gasteiger partial charge in [0.2, 0.25) is 11.9 Å². The molecule has 20 heteroatoms. The van der Waals surface area contributed by atoms with Gasteiger partial charge in [0.05, 0.1) is 35.5 Å². The van der Waals surface area contributed by atoms with Gasteiger partial charge in [0.1, 0.15) is 47.9 Å². The number of hydrogen-bond donors (Lipinski definition) is 10. The summed E-state index contributed by atoms with van der Waals surface area (Å²) in [5.74, 6) is -10.00. The third-order valence-electron chi connectivity index (χ3n) is 11.4. The van der Waals surface area contributed by atoms with Crippen molar-refractivity contribution in [3.63, 3.8) is 0 Å². The molecule has 1 saturated heterocycles. The lowest BCUT2D eigenvalue weighted by molar-refractivity contribution is -0.408. The largest absolute Gasteiger partial charge is 0.508 e. The van der Waals surface area contributed by atoms with Crippen molar-refractivity contribution in [3.8, 4) is 22.6 Å². The van der Waals surface area contributed by atoms with E-state index in [0.717, 1.165) is 18.2 Å². The summed E-state index contributed by atoms with van der Waals surface area (Å²) < 4.78 is 23.2. The lowest BCUT2D eigenvalue weighted by Gasteiger charge is -2.52. The van der Waals surface area contributed by atoms with Crippen LogP contribution in [0.4, 0.5) is 0 Å². The molecule has 0 radical (unpaired) electrons. The summed E-state index contributed by atoms with van der Waals surface area (Å²) in [6.07, 6.45) is -5.60. The lowest BCUT2D eigenvalue weighted by Crippen LogP contribution is -2.75. The number of aliphatic imine (C=N–C) groups is 1. The molecule has 0 spiro atoms. The first-order valence-electron chi connectivity index (χ1n) is 19.9. The number of aromatic hydroxyl groups is 1. The highest BCUT2D eigenvalue weighted by atomic mass is 16.8. The molecule has 3 aliphatic rings. The quantitative estimate of drug-likeness (QED) is 0.0408. The van der Waals surface area contributed by atoms with Crippen molar-refractivity contribution in [1.29, 1.82) is 0 Å².